The average molecular weight is 322 g/mol. The van der Waals surface area contributed by atoms with Crippen LogP contribution in [0.2, 0.25) is 0 Å². The molecule has 22 heavy (non-hydrogen) atoms. The summed E-state index contributed by atoms with van der Waals surface area (Å²) in [5, 5.41) is 12.5. The molecule has 0 spiro atoms. The highest BCUT2D eigenvalue weighted by molar-refractivity contribution is 5.98. The van der Waals surface area contributed by atoms with Crippen molar-refractivity contribution >= 4 is 11.6 Å². The first-order chi connectivity index (χ1) is 10.1. The molecule has 1 aromatic carbocycles. The summed E-state index contributed by atoms with van der Waals surface area (Å²) in [5.41, 5.74) is -1.51. The molecule has 1 rings (SSSR count). The van der Waals surface area contributed by atoms with Gasteiger partial charge in [-0.05, 0) is 18.1 Å². The molecule has 0 aliphatic carbocycles. The summed E-state index contributed by atoms with van der Waals surface area (Å²) in [6.07, 6.45) is -4.58. The molecule has 2 atom stereocenters. The van der Waals surface area contributed by atoms with Crippen LogP contribution in [0.4, 0.5) is 23.2 Å². The molecule has 0 radical (unpaired) electrons. The number of benzene rings is 1. The third-order valence-electron chi connectivity index (χ3n) is 3.25. The van der Waals surface area contributed by atoms with Gasteiger partial charge in [0.25, 0.3) is 11.6 Å². The van der Waals surface area contributed by atoms with E-state index in [2.05, 4.69) is 0 Å². The van der Waals surface area contributed by atoms with Crippen molar-refractivity contribution in [2.24, 2.45) is 5.92 Å². The fourth-order valence-electron chi connectivity index (χ4n) is 1.85. The Kier molecular flexibility index (Phi) is 5.45. The Morgan fingerprint density at radius 1 is 1.41 bits per heavy atom. The highest BCUT2D eigenvalue weighted by Gasteiger charge is 2.44. The molecule has 122 valence electrons. The first-order valence-corrected chi connectivity index (χ1v) is 6.39. The monoisotopic (exact) mass is 322 g/mol. The molecule has 0 fully saturated rings. The molecule has 0 saturated heterocycles. The molecule has 5 nitrogen and oxygen atoms in total. The highest BCUT2D eigenvalue weighted by atomic mass is 19.4. The van der Waals surface area contributed by atoms with Gasteiger partial charge in [-0.2, -0.15) is 13.2 Å². The van der Waals surface area contributed by atoms with Crippen LogP contribution in [-0.2, 0) is 0 Å². The molecule has 0 unspecified atom stereocenters. The van der Waals surface area contributed by atoms with Gasteiger partial charge < -0.3 is 5.32 Å². The van der Waals surface area contributed by atoms with Gasteiger partial charge in [0.05, 0.1) is 4.92 Å². The van der Waals surface area contributed by atoms with Gasteiger partial charge in [0.2, 0.25) is 0 Å². The summed E-state index contributed by atoms with van der Waals surface area (Å²) in [7, 11) is 0. The Bertz CT molecular complexity index is 575. The largest absolute Gasteiger partial charge is 0.408 e. The van der Waals surface area contributed by atoms with Crippen LogP contribution in [0, 0.1) is 21.8 Å². The Balaban J connectivity index is 3.15. The van der Waals surface area contributed by atoms with E-state index in [0.717, 1.165) is 12.1 Å². The fraction of sp³-hybridized carbons (Fsp3) is 0.462. The zero-order valence-electron chi connectivity index (χ0n) is 11.8. The Morgan fingerprint density at radius 2 is 2.00 bits per heavy atom. The SMILES string of the molecule is CC[C@@H](C)[C@@H](NC(=O)c1cc(F)ccc1[N+](=O)[O-])C(F)(F)F. The van der Waals surface area contributed by atoms with Gasteiger partial charge in [-0.25, -0.2) is 4.39 Å². The van der Waals surface area contributed by atoms with E-state index in [0.29, 0.717) is 6.07 Å². The lowest BCUT2D eigenvalue weighted by Gasteiger charge is -2.26. The maximum Gasteiger partial charge on any atom is 0.408 e. The van der Waals surface area contributed by atoms with Crippen molar-refractivity contribution in [3.05, 3.63) is 39.7 Å². The first kappa shape index (κ1) is 17.9. The van der Waals surface area contributed by atoms with Gasteiger partial charge in [0, 0.05) is 6.07 Å². The molecule has 0 aliphatic heterocycles. The summed E-state index contributed by atoms with van der Waals surface area (Å²) < 4.78 is 52.0. The lowest BCUT2D eigenvalue weighted by Crippen LogP contribution is -2.49. The number of hydrogen-bond acceptors (Lipinski definition) is 3. The summed E-state index contributed by atoms with van der Waals surface area (Å²) in [4.78, 5) is 21.8. The zero-order valence-corrected chi connectivity index (χ0v) is 11.8. The summed E-state index contributed by atoms with van der Waals surface area (Å²) in [6.45, 7) is 2.80. The number of hydrogen-bond donors (Lipinski definition) is 1. The zero-order chi connectivity index (χ0) is 17.1. The Morgan fingerprint density at radius 3 is 2.45 bits per heavy atom. The standard InChI is InChI=1S/C13H14F4N2O3/c1-3-7(2)11(13(15,16)17)18-12(20)9-6-8(14)4-5-10(9)19(21)22/h4-7,11H,3H2,1-2H3,(H,18,20)/t7-,11-/m1/s1. The lowest BCUT2D eigenvalue weighted by atomic mass is 9.98. The minimum Gasteiger partial charge on any atom is -0.340 e. The number of rotatable bonds is 5. The lowest BCUT2D eigenvalue weighted by molar-refractivity contribution is -0.385. The number of nitro benzene ring substituents is 1. The number of halogens is 4. The van der Waals surface area contributed by atoms with Crippen LogP contribution >= 0.6 is 0 Å². The van der Waals surface area contributed by atoms with Gasteiger partial charge >= 0.3 is 6.18 Å². The van der Waals surface area contributed by atoms with Crippen LogP contribution < -0.4 is 5.32 Å². The number of alkyl halides is 3. The second kappa shape index (κ2) is 6.71. The Hall–Kier alpha value is -2.19. The molecule has 0 heterocycles. The maximum atomic E-state index is 13.1. The minimum atomic E-state index is -4.72. The molecular weight excluding hydrogens is 308 g/mol. The van der Waals surface area contributed by atoms with E-state index in [9.17, 15) is 32.5 Å². The fourth-order valence-corrected chi connectivity index (χ4v) is 1.85. The van der Waals surface area contributed by atoms with Crippen LogP contribution in [0.25, 0.3) is 0 Å². The maximum absolute atomic E-state index is 13.1. The third kappa shape index (κ3) is 4.15. The predicted molar refractivity (Wildman–Crippen MR) is 69.8 cm³/mol. The molecule has 0 aliphatic rings. The number of nitrogens with zero attached hydrogens (tertiary/aromatic N) is 1. The highest BCUT2D eigenvalue weighted by Crippen LogP contribution is 2.28. The number of nitro groups is 1. The molecule has 1 N–H and O–H groups in total. The smallest absolute Gasteiger partial charge is 0.340 e. The van der Waals surface area contributed by atoms with E-state index in [1.54, 1.807) is 5.32 Å². The molecule has 0 saturated carbocycles. The van der Waals surface area contributed by atoms with E-state index in [-0.39, 0.29) is 6.42 Å². The Labute approximate surface area is 123 Å². The average Bonchev–Trinajstić information content (AvgIpc) is 2.41. The number of carbonyl (C=O) groups is 1. The van der Waals surface area contributed by atoms with Crippen LogP contribution in [0.15, 0.2) is 18.2 Å². The van der Waals surface area contributed by atoms with Gasteiger partial charge in [-0.1, -0.05) is 20.3 Å². The second-order valence-corrected chi connectivity index (χ2v) is 4.80. The van der Waals surface area contributed by atoms with Gasteiger partial charge in [0.1, 0.15) is 17.4 Å². The number of carbonyl (C=O) groups excluding carboxylic acids is 1. The van der Waals surface area contributed by atoms with E-state index in [1.165, 1.54) is 13.8 Å². The van der Waals surface area contributed by atoms with Crippen molar-refractivity contribution in [2.45, 2.75) is 32.5 Å². The summed E-state index contributed by atoms with van der Waals surface area (Å²) >= 11 is 0. The summed E-state index contributed by atoms with van der Waals surface area (Å²) in [6, 6.07) is -0.147. The van der Waals surface area contributed by atoms with Gasteiger partial charge in [-0.3, -0.25) is 14.9 Å². The van der Waals surface area contributed by atoms with E-state index < -0.39 is 46.0 Å². The van der Waals surface area contributed by atoms with Crippen LogP contribution in [0.3, 0.4) is 0 Å². The van der Waals surface area contributed by atoms with Gasteiger partial charge in [0.15, 0.2) is 0 Å². The van der Waals surface area contributed by atoms with Crippen molar-refractivity contribution in [2.75, 3.05) is 0 Å². The molecule has 1 aromatic rings. The van der Waals surface area contributed by atoms with Crippen LogP contribution in [0.1, 0.15) is 30.6 Å². The quantitative estimate of drug-likeness (QED) is 0.513. The topological polar surface area (TPSA) is 72.2 Å². The summed E-state index contributed by atoms with van der Waals surface area (Å²) in [5.74, 6) is -3.23. The normalized spacial score (nSPS) is 14.3. The van der Waals surface area contributed by atoms with Crippen LogP contribution in [0.5, 0.6) is 0 Å². The number of amides is 1. The van der Waals surface area contributed by atoms with Crippen molar-refractivity contribution in [3.8, 4) is 0 Å². The van der Waals surface area contributed by atoms with E-state index in [1.807, 2.05) is 0 Å². The van der Waals surface area contributed by atoms with Crippen molar-refractivity contribution in [1.29, 1.82) is 0 Å². The minimum absolute atomic E-state index is 0.135. The second-order valence-electron chi connectivity index (χ2n) is 4.80. The van der Waals surface area contributed by atoms with E-state index >= 15 is 0 Å². The molecule has 0 aromatic heterocycles. The number of nitrogens with one attached hydrogen (secondary N) is 1. The molecule has 0 bridgehead atoms. The van der Waals surface area contributed by atoms with Gasteiger partial charge in [-0.15, -0.1) is 0 Å². The van der Waals surface area contributed by atoms with Crippen molar-refractivity contribution in [1.82, 2.24) is 5.32 Å². The first-order valence-electron chi connectivity index (χ1n) is 6.39. The third-order valence-corrected chi connectivity index (χ3v) is 3.25. The molecular formula is C13H14F4N2O3. The molecule has 9 heteroatoms. The molecule has 1 amide bonds. The van der Waals surface area contributed by atoms with Crippen LogP contribution in [-0.4, -0.2) is 23.0 Å². The van der Waals surface area contributed by atoms with E-state index in [4.69, 9.17) is 0 Å². The predicted octanol–water partition coefficient (Wildman–Crippen LogP) is 3.44. The van der Waals surface area contributed by atoms with Crippen molar-refractivity contribution < 1.29 is 27.3 Å². The van der Waals surface area contributed by atoms with Crippen molar-refractivity contribution in [3.63, 3.8) is 0 Å².